The molecule has 1 aromatic carbocycles. The molecule has 94 valence electrons. The van der Waals surface area contributed by atoms with Crippen molar-refractivity contribution in [3.8, 4) is 0 Å². The van der Waals surface area contributed by atoms with E-state index in [1.165, 1.54) is 12.1 Å². The number of rotatable bonds is 5. The van der Waals surface area contributed by atoms with E-state index in [9.17, 15) is 13.6 Å². The lowest BCUT2D eigenvalue weighted by molar-refractivity contribution is 0.156. The maximum absolute atomic E-state index is 13.4. The summed E-state index contributed by atoms with van der Waals surface area (Å²) in [6.45, 7) is 2.07. The lowest BCUT2D eigenvalue weighted by Gasteiger charge is -2.14. The molecule has 1 rings (SSSR count). The molecule has 0 bridgehead atoms. The summed E-state index contributed by atoms with van der Waals surface area (Å²) in [5.74, 6) is -1.76. The van der Waals surface area contributed by atoms with E-state index in [1.807, 2.05) is 0 Å². The van der Waals surface area contributed by atoms with Crippen molar-refractivity contribution in [1.29, 1.82) is 0 Å². The van der Waals surface area contributed by atoms with E-state index in [-0.39, 0.29) is 18.2 Å². The Labute approximate surface area is 97.8 Å². The molecule has 1 amide bonds. The fraction of sp³-hybridized carbons (Fsp3) is 0.364. The van der Waals surface area contributed by atoms with E-state index >= 15 is 0 Å². The van der Waals surface area contributed by atoms with Gasteiger partial charge in [-0.2, -0.15) is 0 Å². The molecule has 1 unspecified atom stereocenters. The average molecular weight is 244 g/mol. The zero-order chi connectivity index (χ0) is 12.8. The number of amides is 1. The molecule has 17 heavy (non-hydrogen) atoms. The standard InChI is InChI=1S/C11H14F2N2O2/c1-7(15-5-6-17-11(14)16)8-3-2-4-9(12)10(8)13/h2-4,7,15H,5-6H2,1H3,(H2,14,16). The fourth-order valence-corrected chi connectivity index (χ4v) is 1.39. The van der Waals surface area contributed by atoms with Crippen LogP contribution in [0.25, 0.3) is 0 Å². The summed E-state index contributed by atoms with van der Waals surface area (Å²) in [5.41, 5.74) is 4.99. The van der Waals surface area contributed by atoms with Gasteiger partial charge in [-0.3, -0.25) is 0 Å². The van der Waals surface area contributed by atoms with Crippen LogP contribution in [0.2, 0.25) is 0 Å². The van der Waals surface area contributed by atoms with E-state index in [0.29, 0.717) is 6.54 Å². The molecule has 4 nitrogen and oxygen atoms in total. The average Bonchev–Trinajstić information content (AvgIpc) is 2.27. The van der Waals surface area contributed by atoms with Crippen molar-refractivity contribution in [2.75, 3.05) is 13.2 Å². The lowest BCUT2D eigenvalue weighted by Crippen LogP contribution is -2.26. The molecular weight excluding hydrogens is 230 g/mol. The summed E-state index contributed by atoms with van der Waals surface area (Å²) in [6, 6.07) is 3.60. The first-order valence-electron chi connectivity index (χ1n) is 5.12. The molecule has 0 aromatic heterocycles. The van der Waals surface area contributed by atoms with Crippen molar-refractivity contribution in [1.82, 2.24) is 5.32 Å². The highest BCUT2D eigenvalue weighted by molar-refractivity contribution is 5.64. The molecule has 0 aliphatic heterocycles. The van der Waals surface area contributed by atoms with Crippen LogP contribution in [0.15, 0.2) is 18.2 Å². The highest BCUT2D eigenvalue weighted by Crippen LogP contribution is 2.18. The predicted molar refractivity (Wildman–Crippen MR) is 58.3 cm³/mol. The van der Waals surface area contributed by atoms with Gasteiger partial charge >= 0.3 is 6.09 Å². The first-order chi connectivity index (χ1) is 8.02. The minimum absolute atomic E-state index is 0.0800. The smallest absolute Gasteiger partial charge is 0.404 e. The summed E-state index contributed by atoms with van der Waals surface area (Å²) in [7, 11) is 0. The Balaban J connectivity index is 2.49. The van der Waals surface area contributed by atoms with Crippen LogP contribution in [0.5, 0.6) is 0 Å². The minimum Gasteiger partial charge on any atom is -0.448 e. The Morgan fingerprint density at radius 1 is 1.53 bits per heavy atom. The number of nitrogens with one attached hydrogen (secondary N) is 1. The molecule has 0 aliphatic carbocycles. The van der Waals surface area contributed by atoms with Crippen molar-refractivity contribution in [3.63, 3.8) is 0 Å². The highest BCUT2D eigenvalue weighted by Gasteiger charge is 2.13. The third-order valence-corrected chi connectivity index (χ3v) is 2.24. The summed E-state index contributed by atoms with van der Waals surface area (Å²) in [4.78, 5) is 10.3. The molecule has 0 saturated carbocycles. The Hall–Kier alpha value is -1.69. The number of hydrogen-bond donors (Lipinski definition) is 2. The van der Waals surface area contributed by atoms with Crippen molar-refractivity contribution < 1.29 is 18.3 Å². The van der Waals surface area contributed by atoms with Crippen molar-refractivity contribution in [2.45, 2.75) is 13.0 Å². The maximum atomic E-state index is 13.4. The van der Waals surface area contributed by atoms with Crippen LogP contribution >= 0.6 is 0 Å². The zero-order valence-corrected chi connectivity index (χ0v) is 9.37. The predicted octanol–water partition coefficient (Wildman–Crippen LogP) is 1.71. The topological polar surface area (TPSA) is 64.3 Å². The zero-order valence-electron chi connectivity index (χ0n) is 9.37. The first-order valence-corrected chi connectivity index (χ1v) is 5.12. The first kappa shape index (κ1) is 13.4. The second kappa shape index (κ2) is 6.15. The Morgan fingerprint density at radius 3 is 2.88 bits per heavy atom. The van der Waals surface area contributed by atoms with E-state index in [2.05, 4.69) is 10.1 Å². The Morgan fingerprint density at radius 2 is 2.24 bits per heavy atom. The number of ether oxygens (including phenoxy) is 1. The molecule has 0 fully saturated rings. The molecule has 0 saturated heterocycles. The molecule has 0 heterocycles. The van der Waals surface area contributed by atoms with Gasteiger partial charge in [-0.1, -0.05) is 12.1 Å². The van der Waals surface area contributed by atoms with Crippen LogP contribution in [0.4, 0.5) is 13.6 Å². The second-order valence-corrected chi connectivity index (χ2v) is 3.49. The second-order valence-electron chi connectivity index (χ2n) is 3.49. The summed E-state index contributed by atoms with van der Waals surface area (Å²) >= 11 is 0. The van der Waals surface area contributed by atoms with Gasteiger partial charge in [0.15, 0.2) is 11.6 Å². The number of nitrogens with two attached hydrogens (primary N) is 1. The van der Waals surface area contributed by atoms with Crippen LogP contribution in [-0.2, 0) is 4.74 Å². The fourth-order valence-electron chi connectivity index (χ4n) is 1.39. The normalized spacial score (nSPS) is 12.2. The number of halogens is 2. The molecule has 6 heteroatoms. The van der Waals surface area contributed by atoms with Gasteiger partial charge in [0.2, 0.25) is 0 Å². The summed E-state index contributed by atoms with van der Waals surface area (Å²) in [5, 5.41) is 2.88. The van der Waals surface area contributed by atoms with E-state index in [4.69, 9.17) is 5.73 Å². The van der Waals surface area contributed by atoms with Crippen LogP contribution in [0.1, 0.15) is 18.5 Å². The summed E-state index contributed by atoms with van der Waals surface area (Å²) in [6.07, 6.45) is -0.864. The van der Waals surface area contributed by atoms with Crippen molar-refractivity contribution in [2.24, 2.45) is 5.73 Å². The number of primary amides is 1. The van der Waals surface area contributed by atoms with Crippen LogP contribution in [0.3, 0.4) is 0 Å². The van der Waals surface area contributed by atoms with Gasteiger partial charge in [0, 0.05) is 18.2 Å². The van der Waals surface area contributed by atoms with E-state index in [0.717, 1.165) is 6.07 Å². The third-order valence-electron chi connectivity index (χ3n) is 2.24. The van der Waals surface area contributed by atoms with Crippen molar-refractivity contribution >= 4 is 6.09 Å². The van der Waals surface area contributed by atoms with Gasteiger partial charge < -0.3 is 15.8 Å². The van der Waals surface area contributed by atoms with E-state index in [1.54, 1.807) is 6.92 Å². The molecule has 3 N–H and O–H groups in total. The van der Waals surface area contributed by atoms with Crippen LogP contribution in [-0.4, -0.2) is 19.2 Å². The minimum atomic E-state index is -0.885. The van der Waals surface area contributed by atoms with Gasteiger partial charge in [-0.25, -0.2) is 13.6 Å². The molecule has 0 spiro atoms. The van der Waals surface area contributed by atoms with Gasteiger partial charge in [0.1, 0.15) is 6.61 Å². The number of benzene rings is 1. The molecular formula is C11H14F2N2O2. The van der Waals surface area contributed by atoms with Gasteiger partial charge in [-0.15, -0.1) is 0 Å². The maximum Gasteiger partial charge on any atom is 0.404 e. The number of carbonyl (C=O) groups is 1. The van der Waals surface area contributed by atoms with Gasteiger partial charge in [0.25, 0.3) is 0 Å². The monoisotopic (exact) mass is 244 g/mol. The van der Waals surface area contributed by atoms with Crippen molar-refractivity contribution in [3.05, 3.63) is 35.4 Å². The van der Waals surface area contributed by atoms with Crippen LogP contribution < -0.4 is 11.1 Å². The Kier molecular flexibility index (Phi) is 4.84. The SMILES string of the molecule is CC(NCCOC(N)=O)c1cccc(F)c1F. The summed E-state index contributed by atoms with van der Waals surface area (Å²) < 4.78 is 30.8. The number of hydrogen-bond acceptors (Lipinski definition) is 3. The number of carbonyl (C=O) groups excluding carboxylic acids is 1. The Bertz CT molecular complexity index is 399. The lowest BCUT2D eigenvalue weighted by atomic mass is 10.1. The quantitative estimate of drug-likeness (QED) is 0.775. The molecule has 0 aliphatic rings. The third kappa shape index (κ3) is 3.99. The highest BCUT2D eigenvalue weighted by atomic mass is 19.2. The largest absolute Gasteiger partial charge is 0.448 e. The van der Waals surface area contributed by atoms with Gasteiger partial charge in [-0.05, 0) is 13.0 Å². The van der Waals surface area contributed by atoms with E-state index < -0.39 is 17.7 Å². The molecule has 0 radical (unpaired) electrons. The van der Waals surface area contributed by atoms with Gasteiger partial charge in [0.05, 0.1) is 0 Å². The van der Waals surface area contributed by atoms with Crippen LogP contribution in [0, 0.1) is 11.6 Å². The molecule has 1 aromatic rings. The molecule has 1 atom stereocenters.